The van der Waals surface area contributed by atoms with E-state index in [-0.39, 0.29) is 10.6 Å². The van der Waals surface area contributed by atoms with Crippen molar-refractivity contribution < 1.29 is 4.79 Å². The molecule has 8 heteroatoms. The third-order valence-electron chi connectivity index (χ3n) is 2.63. The number of carbonyl (C=O) groups excluding carboxylic acids is 1. The van der Waals surface area contributed by atoms with E-state index in [0.29, 0.717) is 25.7 Å². The number of benzene rings is 1. The minimum absolute atomic E-state index is 0.230. The molecule has 3 nitrogen and oxygen atoms in total. The molecule has 0 saturated carbocycles. The molecule has 0 N–H and O–H groups in total. The summed E-state index contributed by atoms with van der Waals surface area (Å²) in [5.41, 5.74) is 0.711. The number of nitrogens with zero attached hydrogens (tertiary/aromatic N) is 2. The molecular weight excluding hydrogens is 386 g/mol. The molecule has 0 radical (unpaired) electrons. The number of rotatable bonds is 2. The van der Waals surface area contributed by atoms with Gasteiger partial charge in [0.2, 0.25) is 0 Å². The van der Waals surface area contributed by atoms with Crippen molar-refractivity contribution in [2.45, 2.75) is 0 Å². The van der Waals surface area contributed by atoms with Crippen molar-refractivity contribution in [1.82, 2.24) is 4.98 Å². The van der Waals surface area contributed by atoms with Crippen molar-refractivity contribution in [3.05, 3.63) is 61.8 Å². The highest BCUT2D eigenvalue weighted by Crippen LogP contribution is 2.28. The largest absolute Gasteiger partial charge is 0.279 e. The van der Waals surface area contributed by atoms with Crippen LogP contribution in [0, 0.1) is 0 Å². The summed E-state index contributed by atoms with van der Waals surface area (Å²) in [6, 6.07) is 4.57. The Kier molecular flexibility index (Phi) is 6.12. The zero-order valence-corrected chi connectivity index (χ0v) is 14.9. The Balaban J connectivity index is 2.47. The maximum atomic E-state index is 12.3. The van der Waals surface area contributed by atoms with Gasteiger partial charge in [0.25, 0.3) is 5.91 Å². The highest BCUT2D eigenvalue weighted by molar-refractivity contribution is 8.13. The average Bonchev–Trinajstić information content (AvgIpc) is 2.45. The molecule has 0 atom stereocenters. The van der Waals surface area contributed by atoms with Crippen LogP contribution in [0.4, 0.5) is 0 Å². The maximum absolute atomic E-state index is 12.3. The van der Waals surface area contributed by atoms with Crippen LogP contribution in [0.25, 0.3) is 0 Å². The van der Waals surface area contributed by atoms with Crippen LogP contribution < -0.4 is 0 Å². The Morgan fingerprint density at radius 1 is 1.09 bits per heavy atom. The van der Waals surface area contributed by atoms with Gasteiger partial charge in [-0.1, -0.05) is 46.4 Å². The van der Waals surface area contributed by atoms with Gasteiger partial charge in [-0.25, -0.2) is 4.99 Å². The minimum Gasteiger partial charge on any atom is -0.267 e. The number of hydrogen-bond acceptors (Lipinski definition) is 3. The zero-order chi connectivity index (χ0) is 16.3. The highest BCUT2D eigenvalue weighted by Gasteiger charge is 2.16. The van der Waals surface area contributed by atoms with Gasteiger partial charge < -0.3 is 0 Å². The van der Waals surface area contributed by atoms with Crippen LogP contribution in [0.1, 0.15) is 15.9 Å². The van der Waals surface area contributed by atoms with Crippen LogP contribution in [0.5, 0.6) is 0 Å². The molecule has 1 aromatic heterocycles. The molecule has 0 spiro atoms. The van der Waals surface area contributed by atoms with E-state index in [4.69, 9.17) is 46.4 Å². The standard InChI is InChI=1S/C14H8Cl4N2OS/c1-22-14(12-10(17)5-19-6-11(12)18)20-13(21)8-3-2-7(15)4-9(8)16/h2-6H,1H3. The predicted octanol–water partition coefficient (Wildman–Crippen LogP) is 5.65. The fourth-order valence-corrected chi connectivity index (χ4v) is 3.38. The van der Waals surface area contributed by atoms with Crippen molar-refractivity contribution in [3.63, 3.8) is 0 Å². The number of pyridine rings is 1. The second kappa shape index (κ2) is 7.66. The highest BCUT2D eigenvalue weighted by atomic mass is 35.5. The van der Waals surface area contributed by atoms with E-state index in [1.807, 2.05) is 0 Å². The number of aromatic nitrogens is 1. The molecule has 1 heterocycles. The normalized spacial score (nSPS) is 11.6. The van der Waals surface area contributed by atoms with Crippen LogP contribution in [0.3, 0.4) is 0 Å². The van der Waals surface area contributed by atoms with Gasteiger partial charge in [-0.3, -0.25) is 9.78 Å². The Morgan fingerprint density at radius 3 is 2.27 bits per heavy atom. The SMILES string of the molecule is CSC(=NC(=O)c1ccc(Cl)cc1Cl)c1c(Cl)cncc1Cl. The third-order valence-corrected chi connectivity index (χ3v) is 4.43. The van der Waals surface area contributed by atoms with Crippen LogP contribution in [0.15, 0.2) is 35.6 Å². The van der Waals surface area contributed by atoms with Crippen LogP contribution in [0.2, 0.25) is 20.1 Å². The van der Waals surface area contributed by atoms with E-state index in [1.54, 1.807) is 12.3 Å². The molecule has 0 fully saturated rings. The van der Waals surface area contributed by atoms with Gasteiger partial charge in [0.15, 0.2) is 0 Å². The van der Waals surface area contributed by atoms with Gasteiger partial charge >= 0.3 is 0 Å². The second-order valence-electron chi connectivity index (χ2n) is 4.03. The van der Waals surface area contributed by atoms with Crippen molar-refractivity contribution in [2.24, 2.45) is 4.99 Å². The number of aliphatic imine (C=N–C) groups is 1. The molecule has 2 rings (SSSR count). The molecule has 0 bridgehead atoms. The summed E-state index contributed by atoms with van der Waals surface area (Å²) in [5.74, 6) is -0.505. The molecule has 0 aliphatic carbocycles. The lowest BCUT2D eigenvalue weighted by Gasteiger charge is -2.08. The first kappa shape index (κ1) is 17.6. The molecule has 0 aliphatic heterocycles. The lowest BCUT2D eigenvalue weighted by molar-refractivity contribution is 0.100. The molecule has 0 saturated heterocycles. The number of halogens is 4. The van der Waals surface area contributed by atoms with E-state index < -0.39 is 5.91 Å². The fourth-order valence-electron chi connectivity index (χ4n) is 1.63. The summed E-state index contributed by atoms with van der Waals surface area (Å²) >= 11 is 25.3. The molecular formula is C14H8Cl4N2OS. The Morgan fingerprint density at radius 2 is 1.73 bits per heavy atom. The first-order valence-corrected chi connectivity index (χ1v) is 8.59. The number of carbonyl (C=O) groups is 1. The van der Waals surface area contributed by atoms with Gasteiger partial charge in [0.05, 0.1) is 20.6 Å². The van der Waals surface area contributed by atoms with Crippen molar-refractivity contribution in [1.29, 1.82) is 0 Å². The quantitative estimate of drug-likeness (QED) is 0.489. The third kappa shape index (κ3) is 3.94. The lowest BCUT2D eigenvalue weighted by atomic mass is 10.2. The Hall–Kier alpha value is -0.780. The van der Waals surface area contributed by atoms with Crippen molar-refractivity contribution in [2.75, 3.05) is 6.26 Å². The second-order valence-corrected chi connectivity index (χ2v) is 6.48. The topological polar surface area (TPSA) is 42.3 Å². The van der Waals surface area contributed by atoms with Gasteiger partial charge in [0.1, 0.15) is 5.04 Å². The Bertz CT molecular complexity index is 744. The van der Waals surface area contributed by atoms with E-state index in [9.17, 15) is 4.79 Å². The molecule has 2 aromatic rings. The fraction of sp³-hybridized carbons (Fsp3) is 0.0714. The number of hydrogen-bond donors (Lipinski definition) is 0. The average molecular weight is 394 g/mol. The summed E-state index contributed by atoms with van der Waals surface area (Å²) in [6.07, 6.45) is 4.64. The van der Waals surface area contributed by atoms with Gasteiger partial charge in [0, 0.05) is 23.0 Å². The summed E-state index contributed by atoms with van der Waals surface area (Å²) in [7, 11) is 0. The Labute approximate surface area is 151 Å². The summed E-state index contributed by atoms with van der Waals surface area (Å²) < 4.78 is 0. The first-order chi connectivity index (χ1) is 10.4. The van der Waals surface area contributed by atoms with Gasteiger partial charge in [-0.15, -0.1) is 11.8 Å². The molecule has 22 heavy (non-hydrogen) atoms. The molecule has 1 aromatic carbocycles. The summed E-state index contributed by atoms with van der Waals surface area (Å²) in [5, 5.41) is 1.68. The van der Waals surface area contributed by atoms with E-state index in [0.717, 1.165) is 0 Å². The maximum Gasteiger partial charge on any atom is 0.279 e. The number of amides is 1. The molecule has 0 unspecified atom stereocenters. The predicted molar refractivity (Wildman–Crippen MR) is 95.1 cm³/mol. The first-order valence-electron chi connectivity index (χ1n) is 5.85. The van der Waals surface area contributed by atoms with Crippen molar-refractivity contribution in [3.8, 4) is 0 Å². The molecule has 0 aliphatic rings. The molecule has 114 valence electrons. The summed E-state index contributed by atoms with van der Waals surface area (Å²) in [4.78, 5) is 20.2. The smallest absolute Gasteiger partial charge is 0.267 e. The van der Waals surface area contributed by atoms with Crippen LogP contribution in [-0.2, 0) is 0 Å². The van der Waals surface area contributed by atoms with Crippen LogP contribution in [-0.4, -0.2) is 22.2 Å². The van der Waals surface area contributed by atoms with Gasteiger partial charge in [-0.2, -0.15) is 0 Å². The summed E-state index contributed by atoms with van der Waals surface area (Å²) in [6.45, 7) is 0. The van der Waals surface area contributed by atoms with E-state index >= 15 is 0 Å². The molecule has 1 amide bonds. The van der Waals surface area contributed by atoms with E-state index in [1.165, 1.54) is 36.3 Å². The number of thioether (sulfide) groups is 1. The zero-order valence-electron chi connectivity index (χ0n) is 11.1. The van der Waals surface area contributed by atoms with Gasteiger partial charge in [-0.05, 0) is 24.5 Å². The van der Waals surface area contributed by atoms with E-state index in [2.05, 4.69) is 9.98 Å². The monoisotopic (exact) mass is 392 g/mol. The van der Waals surface area contributed by atoms with Crippen molar-refractivity contribution >= 4 is 69.1 Å². The minimum atomic E-state index is -0.505. The van der Waals surface area contributed by atoms with Crippen LogP contribution >= 0.6 is 58.2 Å². The lowest BCUT2D eigenvalue weighted by Crippen LogP contribution is -2.04.